The van der Waals surface area contributed by atoms with E-state index in [1.54, 1.807) is 26.5 Å². The van der Waals surface area contributed by atoms with E-state index in [0.717, 1.165) is 22.3 Å². The maximum absolute atomic E-state index is 5.40. The third-order valence-electron chi connectivity index (χ3n) is 3.26. The molecule has 0 saturated heterocycles. The molecule has 112 valence electrons. The number of pyridine rings is 1. The van der Waals surface area contributed by atoms with Crippen molar-refractivity contribution in [2.75, 3.05) is 19.5 Å². The summed E-state index contributed by atoms with van der Waals surface area (Å²) in [7, 11) is 3.25. The summed E-state index contributed by atoms with van der Waals surface area (Å²) >= 11 is 3.50. The molecule has 5 heteroatoms. The van der Waals surface area contributed by atoms with Crippen LogP contribution < -0.4 is 14.8 Å². The number of hydrogen-bond donors (Lipinski definition) is 1. The van der Waals surface area contributed by atoms with Gasteiger partial charge in [0.15, 0.2) is 11.5 Å². The van der Waals surface area contributed by atoms with Gasteiger partial charge in [0.2, 0.25) is 0 Å². The number of methoxy groups -OCH3 is 2. The Balaban J connectivity index is 2.20. The van der Waals surface area contributed by atoms with E-state index in [2.05, 4.69) is 45.3 Å². The van der Waals surface area contributed by atoms with E-state index < -0.39 is 0 Å². The molecule has 0 amide bonds. The van der Waals surface area contributed by atoms with Gasteiger partial charge in [0.05, 0.1) is 20.8 Å². The van der Waals surface area contributed by atoms with Gasteiger partial charge in [0.1, 0.15) is 5.69 Å². The maximum Gasteiger partial charge on any atom is 0.184 e. The van der Waals surface area contributed by atoms with E-state index in [4.69, 9.17) is 9.47 Å². The van der Waals surface area contributed by atoms with E-state index in [0.29, 0.717) is 18.0 Å². The highest BCUT2D eigenvalue weighted by molar-refractivity contribution is 9.10. The summed E-state index contributed by atoms with van der Waals surface area (Å²) < 4.78 is 11.8. The summed E-state index contributed by atoms with van der Waals surface area (Å²) in [6.45, 7) is 2.71. The number of benzene rings is 1. The first-order chi connectivity index (χ1) is 10.2. The Hall–Kier alpha value is -1.75. The highest BCUT2D eigenvalue weighted by Gasteiger charge is 2.11. The van der Waals surface area contributed by atoms with Gasteiger partial charge in [-0.3, -0.25) is 4.98 Å². The Labute approximate surface area is 133 Å². The van der Waals surface area contributed by atoms with Crippen LogP contribution in [0, 0.1) is 0 Å². The van der Waals surface area contributed by atoms with Crippen LogP contribution in [0.4, 0.5) is 5.69 Å². The van der Waals surface area contributed by atoms with Crippen molar-refractivity contribution in [3.63, 3.8) is 0 Å². The molecule has 2 aromatic rings. The molecule has 0 spiro atoms. The van der Waals surface area contributed by atoms with Crippen LogP contribution in [-0.2, 0) is 13.0 Å². The molecule has 0 fully saturated rings. The van der Waals surface area contributed by atoms with Gasteiger partial charge in [-0.15, -0.1) is 0 Å². The molecule has 0 aliphatic heterocycles. The van der Waals surface area contributed by atoms with Crippen LogP contribution in [0.5, 0.6) is 11.5 Å². The molecule has 0 atom stereocenters. The SMILES string of the molecule is CCc1cc(Br)ccc1NCc1nccc(OC)c1OC. The van der Waals surface area contributed by atoms with Crippen molar-refractivity contribution in [3.05, 3.63) is 46.2 Å². The Kier molecular flexibility index (Phi) is 5.44. The zero-order valence-corrected chi connectivity index (χ0v) is 14.0. The lowest BCUT2D eigenvalue weighted by Gasteiger charge is -2.14. The normalized spacial score (nSPS) is 10.3. The molecule has 1 aromatic carbocycles. The van der Waals surface area contributed by atoms with E-state index in [-0.39, 0.29) is 0 Å². The average molecular weight is 351 g/mol. The minimum absolute atomic E-state index is 0.578. The number of hydrogen-bond acceptors (Lipinski definition) is 4. The van der Waals surface area contributed by atoms with Crippen LogP contribution in [-0.4, -0.2) is 19.2 Å². The molecule has 1 heterocycles. The van der Waals surface area contributed by atoms with E-state index >= 15 is 0 Å². The number of halogens is 1. The fraction of sp³-hybridized carbons (Fsp3) is 0.312. The van der Waals surface area contributed by atoms with E-state index in [9.17, 15) is 0 Å². The third kappa shape index (κ3) is 3.67. The molecule has 0 unspecified atom stereocenters. The average Bonchev–Trinajstić information content (AvgIpc) is 2.52. The molecule has 0 bridgehead atoms. The van der Waals surface area contributed by atoms with Crippen LogP contribution in [0.25, 0.3) is 0 Å². The van der Waals surface area contributed by atoms with Gasteiger partial charge in [-0.1, -0.05) is 22.9 Å². The lowest BCUT2D eigenvalue weighted by atomic mass is 10.1. The minimum Gasteiger partial charge on any atom is -0.493 e. The summed E-state index contributed by atoms with van der Waals surface area (Å²) in [6.07, 6.45) is 2.69. The molecule has 21 heavy (non-hydrogen) atoms. The zero-order valence-electron chi connectivity index (χ0n) is 12.4. The first kappa shape index (κ1) is 15.6. The van der Waals surface area contributed by atoms with Crippen LogP contribution in [0.1, 0.15) is 18.2 Å². The van der Waals surface area contributed by atoms with Gasteiger partial charge >= 0.3 is 0 Å². The second-order valence-electron chi connectivity index (χ2n) is 4.50. The number of ether oxygens (including phenoxy) is 2. The second kappa shape index (κ2) is 7.31. The van der Waals surface area contributed by atoms with Gasteiger partial charge < -0.3 is 14.8 Å². The van der Waals surface area contributed by atoms with Crippen molar-refractivity contribution in [3.8, 4) is 11.5 Å². The lowest BCUT2D eigenvalue weighted by molar-refractivity contribution is 0.350. The number of rotatable bonds is 6. The smallest absolute Gasteiger partial charge is 0.184 e. The van der Waals surface area contributed by atoms with Gasteiger partial charge in [0, 0.05) is 22.4 Å². The summed E-state index contributed by atoms with van der Waals surface area (Å²) in [5, 5.41) is 3.41. The summed E-state index contributed by atoms with van der Waals surface area (Å²) in [6, 6.07) is 8.01. The molecule has 4 nitrogen and oxygen atoms in total. The van der Waals surface area contributed by atoms with Crippen LogP contribution in [0.2, 0.25) is 0 Å². The fourth-order valence-corrected chi connectivity index (χ4v) is 2.59. The molecule has 1 aromatic heterocycles. The van der Waals surface area contributed by atoms with Crippen LogP contribution >= 0.6 is 15.9 Å². The molecule has 2 rings (SSSR count). The number of aryl methyl sites for hydroxylation is 1. The van der Waals surface area contributed by atoms with Crippen molar-refractivity contribution < 1.29 is 9.47 Å². The summed E-state index contributed by atoms with van der Waals surface area (Å²) in [4.78, 5) is 4.37. The molecule has 0 radical (unpaired) electrons. The number of nitrogens with zero attached hydrogens (tertiary/aromatic N) is 1. The monoisotopic (exact) mass is 350 g/mol. The predicted molar refractivity (Wildman–Crippen MR) is 88.2 cm³/mol. The number of nitrogens with one attached hydrogen (secondary N) is 1. The number of aromatic nitrogens is 1. The van der Waals surface area contributed by atoms with Crippen molar-refractivity contribution in [1.82, 2.24) is 4.98 Å². The largest absolute Gasteiger partial charge is 0.493 e. The molecule has 1 N–H and O–H groups in total. The second-order valence-corrected chi connectivity index (χ2v) is 5.42. The summed E-state index contributed by atoms with van der Waals surface area (Å²) in [5.74, 6) is 1.36. The van der Waals surface area contributed by atoms with E-state index in [1.807, 2.05) is 6.07 Å². The van der Waals surface area contributed by atoms with Gasteiger partial charge in [-0.25, -0.2) is 0 Å². The van der Waals surface area contributed by atoms with Gasteiger partial charge in [-0.2, -0.15) is 0 Å². The topological polar surface area (TPSA) is 43.4 Å². The van der Waals surface area contributed by atoms with Gasteiger partial charge in [0.25, 0.3) is 0 Å². The summed E-state index contributed by atoms with van der Waals surface area (Å²) in [5.41, 5.74) is 3.18. The third-order valence-corrected chi connectivity index (χ3v) is 3.75. The highest BCUT2D eigenvalue weighted by atomic mass is 79.9. The number of anilines is 1. The lowest BCUT2D eigenvalue weighted by Crippen LogP contribution is -2.06. The predicted octanol–water partition coefficient (Wildman–Crippen LogP) is 4.04. The maximum atomic E-state index is 5.40. The first-order valence-corrected chi connectivity index (χ1v) is 7.57. The Morgan fingerprint density at radius 3 is 2.67 bits per heavy atom. The van der Waals surface area contributed by atoms with E-state index in [1.165, 1.54) is 5.56 Å². The molecule has 0 saturated carbocycles. The Morgan fingerprint density at radius 2 is 2.00 bits per heavy atom. The van der Waals surface area contributed by atoms with Crippen molar-refractivity contribution in [2.45, 2.75) is 19.9 Å². The molecule has 0 aliphatic carbocycles. The minimum atomic E-state index is 0.578. The van der Waals surface area contributed by atoms with Crippen molar-refractivity contribution >= 4 is 21.6 Å². The molecule has 0 aliphatic rings. The fourth-order valence-electron chi connectivity index (χ4n) is 2.18. The van der Waals surface area contributed by atoms with Crippen molar-refractivity contribution in [2.24, 2.45) is 0 Å². The zero-order chi connectivity index (χ0) is 15.2. The first-order valence-electron chi connectivity index (χ1n) is 6.77. The van der Waals surface area contributed by atoms with Gasteiger partial charge in [-0.05, 0) is 30.2 Å². The Bertz CT molecular complexity index is 617. The molecular formula is C16H19BrN2O2. The van der Waals surface area contributed by atoms with Crippen LogP contribution in [0.15, 0.2) is 34.9 Å². The van der Waals surface area contributed by atoms with Crippen LogP contribution in [0.3, 0.4) is 0 Å². The van der Waals surface area contributed by atoms with Crippen molar-refractivity contribution in [1.29, 1.82) is 0 Å². The molecular weight excluding hydrogens is 332 g/mol. The quantitative estimate of drug-likeness (QED) is 0.853. The Morgan fingerprint density at radius 1 is 1.19 bits per heavy atom. The highest BCUT2D eigenvalue weighted by Crippen LogP contribution is 2.30. The standard InChI is InChI=1S/C16H19BrN2O2/c1-4-11-9-12(17)5-6-13(11)19-10-14-16(21-3)15(20-2)7-8-18-14/h5-9,19H,4,10H2,1-3H3.